The van der Waals surface area contributed by atoms with Crippen molar-refractivity contribution in [2.24, 2.45) is 7.05 Å². The minimum atomic E-state index is -0.123. The second-order valence-electron chi connectivity index (χ2n) is 6.38. The predicted molar refractivity (Wildman–Crippen MR) is 95.8 cm³/mol. The Labute approximate surface area is 152 Å². The van der Waals surface area contributed by atoms with Crippen LogP contribution in [-0.4, -0.2) is 58.7 Å². The smallest absolute Gasteiger partial charge is 0.270 e. The molecule has 0 bridgehead atoms. The number of aromatic nitrogens is 3. The summed E-state index contributed by atoms with van der Waals surface area (Å²) in [6.07, 6.45) is 4.18. The van der Waals surface area contributed by atoms with E-state index >= 15 is 0 Å². The molecule has 3 rings (SSSR count). The number of nitrogens with zero attached hydrogens (tertiary/aromatic N) is 5. The zero-order valence-corrected chi connectivity index (χ0v) is 15.0. The second-order valence-corrected chi connectivity index (χ2v) is 6.38. The molecule has 1 aliphatic heterocycles. The number of anilines is 1. The van der Waals surface area contributed by atoms with Crippen molar-refractivity contribution in [1.82, 2.24) is 19.4 Å². The molecular formula is C18H22N6O2. The second kappa shape index (κ2) is 7.97. The molecule has 136 valence electrons. The van der Waals surface area contributed by atoms with Crippen molar-refractivity contribution in [3.63, 3.8) is 0 Å². The van der Waals surface area contributed by atoms with Gasteiger partial charge in [-0.05, 0) is 12.5 Å². The summed E-state index contributed by atoms with van der Waals surface area (Å²) in [7, 11) is 3.50. The Bertz CT molecular complexity index is 819. The number of aryl methyl sites for hydroxylation is 1. The summed E-state index contributed by atoms with van der Waals surface area (Å²) in [6, 6.07) is 5.59. The number of carbonyl (C=O) groups is 1. The van der Waals surface area contributed by atoms with Crippen LogP contribution in [-0.2, 0) is 11.8 Å². The maximum Gasteiger partial charge on any atom is 0.270 e. The quantitative estimate of drug-likeness (QED) is 0.842. The lowest BCUT2D eigenvalue weighted by atomic mass is 10.1. The van der Waals surface area contributed by atoms with Gasteiger partial charge in [0.2, 0.25) is 0 Å². The van der Waals surface area contributed by atoms with Crippen molar-refractivity contribution in [3.8, 4) is 6.07 Å². The van der Waals surface area contributed by atoms with Crippen molar-refractivity contribution in [2.45, 2.75) is 12.3 Å². The van der Waals surface area contributed by atoms with Crippen LogP contribution >= 0.6 is 0 Å². The topological polar surface area (TPSA) is 96.1 Å². The van der Waals surface area contributed by atoms with E-state index in [4.69, 9.17) is 10.00 Å². The summed E-state index contributed by atoms with van der Waals surface area (Å²) in [4.78, 5) is 22.7. The third kappa shape index (κ3) is 4.00. The van der Waals surface area contributed by atoms with Gasteiger partial charge in [0.25, 0.3) is 5.91 Å². The van der Waals surface area contributed by atoms with E-state index in [2.05, 4.69) is 15.3 Å². The summed E-state index contributed by atoms with van der Waals surface area (Å²) in [5, 5.41) is 12.2. The van der Waals surface area contributed by atoms with E-state index in [1.807, 2.05) is 12.1 Å². The van der Waals surface area contributed by atoms with E-state index in [1.54, 1.807) is 42.2 Å². The lowest BCUT2D eigenvalue weighted by molar-refractivity contribution is 0.0791. The molecule has 0 aliphatic carbocycles. The van der Waals surface area contributed by atoms with Gasteiger partial charge in [-0.25, -0.2) is 9.97 Å². The first-order valence-corrected chi connectivity index (χ1v) is 8.54. The Balaban J connectivity index is 1.54. The molecule has 1 aliphatic rings. The normalized spacial score (nSPS) is 16.3. The number of amides is 1. The van der Waals surface area contributed by atoms with Gasteiger partial charge < -0.3 is 19.5 Å². The third-order valence-electron chi connectivity index (χ3n) is 4.49. The van der Waals surface area contributed by atoms with Gasteiger partial charge in [-0.2, -0.15) is 5.26 Å². The number of carbonyl (C=O) groups excluding carboxylic acids is 1. The zero-order chi connectivity index (χ0) is 18.5. The van der Waals surface area contributed by atoms with E-state index in [0.29, 0.717) is 36.9 Å². The Kier molecular flexibility index (Phi) is 5.49. The first-order valence-electron chi connectivity index (χ1n) is 8.54. The Morgan fingerprint density at radius 3 is 3.04 bits per heavy atom. The van der Waals surface area contributed by atoms with Crippen LogP contribution in [0, 0.1) is 11.3 Å². The first kappa shape index (κ1) is 17.9. The highest BCUT2D eigenvalue weighted by atomic mass is 16.5. The number of likely N-dealkylation sites (N-methyl/N-ethyl adjacent to an activating group) is 1. The fourth-order valence-corrected chi connectivity index (χ4v) is 2.95. The molecule has 2 aromatic rings. The van der Waals surface area contributed by atoms with Crippen LogP contribution in [0.5, 0.6) is 0 Å². The molecule has 26 heavy (non-hydrogen) atoms. The van der Waals surface area contributed by atoms with Crippen molar-refractivity contribution in [1.29, 1.82) is 5.26 Å². The van der Waals surface area contributed by atoms with Crippen LogP contribution in [0.4, 0.5) is 5.82 Å². The van der Waals surface area contributed by atoms with Crippen molar-refractivity contribution < 1.29 is 9.53 Å². The number of rotatable bonds is 6. The molecule has 8 nitrogen and oxygen atoms in total. The highest BCUT2D eigenvalue weighted by Crippen LogP contribution is 2.24. The maximum atomic E-state index is 12.5. The van der Waals surface area contributed by atoms with E-state index in [-0.39, 0.29) is 5.91 Å². The summed E-state index contributed by atoms with van der Waals surface area (Å²) in [5.41, 5.74) is 1.96. The molecule has 0 unspecified atom stereocenters. The van der Waals surface area contributed by atoms with Crippen LogP contribution in [0.2, 0.25) is 0 Å². The third-order valence-corrected chi connectivity index (χ3v) is 4.49. The largest absolute Gasteiger partial charge is 0.381 e. The van der Waals surface area contributed by atoms with Gasteiger partial charge in [0.05, 0.1) is 17.9 Å². The number of nitriles is 1. The molecule has 0 aromatic carbocycles. The number of hydrogen-bond donors (Lipinski definition) is 1. The molecule has 1 atom stereocenters. The molecule has 0 radical (unpaired) electrons. The Morgan fingerprint density at radius 1 is 1.50 bits per heavy atom. The Morgan fingerprint density at radius 2 is 2.35 bits per heavy atom. The average molecular weight is 354 g/mol. The lowest BCUT2D eigenvalue weighted by Gasteiger charge is -2.18. The number of nitrogens with one attached hydrogen (secondary N) is 1. The molecule has 0 saturated carbocycles. The SMILES string of the molecule is CN(CCNc1cc([C@@H]2CCOC2)ncn1)C(=O)c1cc(C#N)cn1C. The fraction of sp³-hybridized carbons (Fsp3) is 0.444. The molecule has 0 spiro atoms. The van der Waals surface area contributed by atoms with Crippen LogP contribution in [0.1, 0.15) is 34.1 Å². The highest BCUT2D eigenvalue weighted by Gasteiger charge is 2.20. The van der Waals surface area contributed by atoms with Crippen molar-refractivity contribution in [3.05, 3.63) is 41.6 Å². The van der Waals surface area contributed by atoms with Crippen molar-refractivity contribution >= 4 is 11.7 Å². The summed E-state index contributed by atoms with van der Waals surface area (Å²) >= 11 is 0. The lowest BCUT2D eigenvalue weighted by Crippen LogP contribution is -2.32. The van der Waals surface area contributed by atoms with Gasteiger partial charge >= 0.3 is 0 Å². The van der Waals surface area contributed by atoms with E-state index in [9.17, 15) is 4.79 Å². The standard InChI is InChI=1S/C18H22N6O2/c1-23(18(25)16-7-13(9-19)10-24(16)2)5-4-20-17-8-15(21-12-22-17)14-3-6-26-11-14/h7-8,10,12,14H,3-6,11H2,1-2H3,(H,20,21,22)/t14-/m1/s1. The summed E-state index contributed by atoms with van der Waals surface area (Å²) in [5.74, 6) is 0.949. The average Bonchev–Trinajstić information content (AvgIpc) is 3.31. The molecule has 1 fully saturated rings. The molecule has 8 heteroatoms. The molecule has 1 amide bonds. The molecule has 1 N–H and O–H groups in total. The van der Waals surface area contributed by atoms with Gasteiger partial charge in [-0.3, -0.25) is 4.79 Å². The molecule has 3 heterocycles. The van der Waals surface area contributed by atoms with Crippen LogP contribution in [0.15, 0.2) is 24.7 Å². The predicted octanol–water partition coefficient (Wildman–Crippen LogP) is 1.37. The van der Waals surface area contributed by atoms with Gasteiger partial charge in [-0.1, -0.05) is 0 Å². The van der Waals surface area contributed by atoms with Gasteiger partial charge in [0, 0.05) is 52.0 Å². The van der Waals surface area contributed by atoms with E-state index < -0.39 is 0 Å². The van der Waals surface area contributed by atoms with Crippen LogP contribution in [0.3, 0.4) is 0 Å². The molecule has 2 aromatic heterocycles. The number of ether oxygens (including phenoxy) is 1. The monoisotopic (exact) mass is 354 g/mol. The van der Waals surface area contributed by atoms with Crippen LogP contribution in [0.25, 0.3) is 0 Å². The van der Waals surface area contributed by atoms with Gasteiger partial charge in [-0.15, -0.1) is 0 Å². The van der Waals surface area contributed by atoms with Crippen LogP contribution < -0.4 is 5.32 Å². The maximum absolute atomic E-state index is 12.5. The first-order chi connectivity index (χ1) is 12.6. The van der Waals surface area contributed by atoms with Crippen molar-refractivity contribution in [2.75, 3.05) is 38.7 Å². The van der Waals surface area contributed by atoms with Gasteiger partial charge in [0.1, 0.15) is 23.9 Å². The Hall–Kier alpha value is -2.92. The summed E-state index contributed by atoms with van der Waals surface area (Å²) in [6.45, 7) is 2.55. The van der Waals surface area contributed by atoms with E-state index in [0.717, 1.165) is 24.5 Å². The molecule has 1 saturated heterocycles. The number of hydrogen-bond acceptors (Lipinski definition) is 6. The highest BCUT2D eigenvalue weighted by molar-refractivity contribution is 5.93. The summed E-state index contributed by atoms with van der Waals surface area (Å²) < 4.78 is 7.08. The molecular weight excluding hydrogens is 332 g/mol. The van der Waals surface area contributed by atoms with Gasteiger partial charge in [0.15, 0.2) is 0 Å². The van der Waals surface area contributed by atoms with E-state index in [1.165, 1.54) is 0 Å². The fourth-order valence-electron chi connectivity index (χ4n) is 2.95. The zero-order valence-electron chi connectivity index (χ0n) is 15.0. The minimum Gasteiger partial charge on any atom is -0.381 e. The minimum absolute atomic E-state index is 0.123.